The molecular weight excluding hydrogens is 567 g/mol. The van der Waals surface area contributed by atoms with Crippen LogP contribution in [-0.4, -0.2) is 78.1 Å². The van der Waals surface area contributed by atoms with E-state index in [0.717, 1.165) is 25.9 Å². The molecule has 228 valence electrons. The number of fused-ring (bicyclic) bond motifs is 2. The number of hydrogen-bond donors (Lipinski definition) is 2. The first-order chi connectivity index (χ1) is 21.2. The van der Waals surface area contributed by atoms with Crippen LogP contribution in [0.3, 0.4) is 0 Å². The summed E-state index contributed by atoms with van der Waals surface area (Å²) < 4.78 is 52.8. The number of terminal acetylenes is 1. The first kappa shape index (κ1) is 28.7. The molecule has 2 N–H and O–H groups in total. The summed E-state index contributed by atoms with van der Waals surface area (Å²) in [7, 11) is 0. The fraction of sp³-hybridized carbons (Fsp3) is 0.412. The lowest BCUT2D eigenvalue weighted by Gasteiger charge is -2.33. The molecule has 3 aliphatic rings. The minimum Gasteiger partial charge on any atom is -0.508 e. The SMILES string of the molecule is C#Cc1cccc2cc(O)cc(-c3c(F)cc4c(N5CCN[C@H](C)C5)nc(OCC5(CN6CC[C@@H](F)C6)CC5)nc4c3F)c12. The molecule has 44 heavy (non-hydrogen) atoms. The molecule has 7 rings (SSSR count). The molecule has 0 radical (unpaired) electrons. The third kappa shape index (κ3) is 5.29. The van der Waals surface area contributed by atoms with Gasteiger partial charge in [0.1, 0.15) is 29.1 Å². The van der Waals surface area contributed by atoms with Crippen molar-refractivity contribution in [1.82, 2.24) is 20.2 Å². The molecule has 3 fully saturated rings. The molecule has 0 bridgehead atoms. The van der Waals surface area contributed by atoms with Crippen LogP contribution in [0.5, 0.6) is 11.8 Å². The van der Waals surface area contributed by atoms with Crippen molar-refractivity contribution in [3.63, 3.8) is 0 Å². The third-order valence-electron chi connectivity index (χ3n) is 9.14. The van der Waals surface area contributed by atoms with E-state index in [1.165, 1.54) is 18.2 Å². The van der Waals surface area contributed by atoms with Gasteiger partial charge in [-0.2, -0.15) is 9.97 Å². The van der Waals surface area contributed by atoms with Gasteiger partial charge in [0.25, 0.3) is 0 Å². The third-order valence-corrected chi connectivity index (χ3v) is 9.14. The van der Waals surface area contributed by atoms with Crippen LogP contribution < -0.4 is 15.0 Å². The lowest BCUT2D eigenvalue weighted by molar-refractivity contribution is 0.165. The van der Waals surface area contributed by atoms with Gasteiger partial charge in [-0.25, -0.2) is 13.2 Å². The van der Waals surface area contributed by atoms with Crippen LogP contribution in [-0.2, 0) is 0 Å². The number of alkyl halides is 1. The number of ether oxygens (including phenoxy) is 1. The van der Waals surface area contributed by atoms with Crippen LogP contribution in [0.25, 0.3) is 32.8 Å². The first-order valence-electron chi connectivity index (χ1n) is 15.1. The number of likely N-dealkylation sites (tertiary alicyclic amines) is 1. The highest BCUT2D eigenvalue weighted by atomic mass is 19.1. The summed E-state index contributed by atoms with van der Waals surface area (Å²) in [4.78, 5) is 13.3. The largest absolute Gasteiger partial charge is 0.508 e. The number of anilines is 1. The number of aromatic hydroxyl groups is 1. The number of phenolic OH excluding ortho intramolecular Hbond substituents is 1. The Hall–Kier alpha value is -4.07. The lowest BCUT2D eigenvalue weighted by Crippen LogP contribution is -2.49. The van der Waals surface area contributed by atoms with Crippen LogP contribution in [0.2, 0.25) is 0 Å². The quantitative estimate of drug-likeness (QED) is 0.274. The molecule has 1 saturated carbocycles. The molecule has 0 amide bonds. The maximum absolute atomic E-state index is 16.7. The van der Waals surface area contributed by atoms with E-state index in [1.807, 2.05) is 11.8 Å². The van der Waals surface area contributed by atoms with E-state index in [9.17, 15) is 9.50 Å². The summed E-state index contributed by atoms with van der Waals surface area (Å²) in [6.45, 7) is 6.12. The van der Waals surface area contributed by atoms with Crippen molar-refractivity contribution in [2.75, 3.05) is 50.8 Å². The van der Waals surface area contributed by atoms with Gasteiger partial charge in [-0.1, -0.05) is 18.1 Å². The van der Waals surface area contributed by atoms with Crippen molar-refractivity contribution in [2.45, 2.75) is 38.4 Å². The lowest BCUT2D eigenvalue weighted by atomic mass is 9.93. The second-order valence-corrected chi connectivity index (χ2v) is 12.5. The summed E-state index contributed by atoms with van der Waals surface area (Å²) >= 11 is 0. The van der Waals surface area contributed by atoms with Crippen molar-refractivity contribution < 1.29 is 23.0 Å². The Balaban J connectivity index is 1.34. The van der Waals surface area contributed by atoms with E-state index < -0.39 is 17.8 Å². The van der Waals surface area contributed by atoms with Crippen molar-refractivity contribution in [3.8, 4) is 35.2 Å². The molecule has 3 heterocycles. The standard InChI is InChI=1S/C34H34F3N5O2/c1-3-21-5-4-6-22-13-24(43)14-25(28(21)22)29-27(36)15-26-31(30(29)37)39-33(40-32(26)42-12-10-38-20(2)16-42)44-19-34(8-9-34)18-41-11-7-23(35)17-41/h1,4-6,13-15,20,23,38,43H,7-12,16-19H2,2H3/t20-,23-/m1/s1. The molecule has 1 aromatic heterocycles. The molecule has 1 aliphatic carbocycles. The number of piperazine rings is 1. The Morgan fingerprint density at radius 1 is 1.16 bits per heavy atom. The zero-order valence-corrected chi connectivity index (χ0v) is 24.5. The summed E-state index contributed by atoms with van der Waals surface area (Å²) in [5.41, 5.74) is 0.0545. The maximum atomic E-state index is 16.7. The Kier molecular flexibility index (Phi) is 7.26. The highest BCUT2D eigenvalue weighted by molar-refractivity contribution is 6.04. The van der Waals surface area contributed by atoms with E-state index in [1.54, 1.807) is 18.2 Å². The second-order valence-electron chi connectivity index (χ2n) is 12.5. The zero-order chi connectivity index (χ0) is 30.6. The molecular formula is C34H34F3N5O2. The minimum absolute atomic E-state index is 0.0105. The number of nitrogens with zero attached hydrogens (tertiary/aromatic N) is 4. The van der Waals surface area contributed by atoms with Gasteiger partial charge in [-0.15, -0.1) is 6.42 Å². The number of halogens is 3. The number of phenols is 1. The van der Waals surface area contributed by atoms with E-state index in [0.29, 0.717) is 61.4 Å². The molecule has 7 nitrogen and oxygen atoms in total. The average molecular weight is 602 g/mol. The topological polar surface area (TPSA) is 73.8 Å². The van der Waals surface area contributed by atoms with Crippen molar-refractivity contribution in [1.29, 1.82) is 0 Å². The van der Waals surface area contributed by atoms with Gasteiger partial charge in [-0.3, -0.25) is 4.90 Å². The van der Waals surface area contributed by atoms with E-state index in [4.69, 9.17) is 16.1 Å². The zero-order valence-electron chi connectivity index (χ0n) is 24.5. The van der Waals surface area contributed by atoms with Crippen LogP contribution in [0.4, 0.5) is 19.0 Å². The molecule has 2 atom stereocenters. The fourth-order valence-corrected chi connectivity index (χ4v) is 6.71. The second kappa shape index (κ2) is 11.1. The minimum atomic E-state index is -0.886. The van der Waals surface area contributed by atoms with Crippen molar-refractivity contribution >= 4 is 27.5 Å². The first-order valence-corrected chi connectivity index (χ1v) is 15.1. The van der Waals surface area contributed by atoms with Crippen LogP contribution in [0.15, 0.2) is 36.4 Å². The highest BCUT2D eigenvalue weighted by Crippen LogP contribution is 2.47. The predicted molar refractivity (Wildman–Crippen MR) is 165 cm³/mol. The Bertz CT molecular complexity index is 1800. The van der Waals surface area contributed by atoms with E-state index >= 15 is 8.78 Å². The maximum Gasteiger partial charge on any atom is 0.319 e. The molecule has 0 spiro atoms. The van der Waals surface area contributed by atoms with Gasteiger partial charge < -0.3 is 20.1 Å². The van der Waals surface area contributed by atoms with E-state index in [2.05, 4.69) is 21.1 Å². The highest BCUT2D eigenvalue weighted by Gasteiger charge is 2.46. The smallest absolute Gasteiger partial charge is 0.319 e. The summed E-state index contributed by atoms with van der Waals surface area (Å²) in [6.07, 6.45) is 7.41. The van der Waals surface area contributed by atoms with Gasteiger partial charge in [0.05, 0.1) is 12.2 Å². The predicted octanol–water partition coefficient (Wildman–Crippen LogP) is 5.42. The van der Waals surface area contributed by atoms with E-state index in [-0.39, 0.29) is 45.2 Å². The van der Waals surface area contributed by atoms with Crippen molar-refractivity contribution in [3.05, 3.63) is 53.6 Å². The van der Waals surface area contributed by atoms with Gasteiger partial charge in [0.15, 0.2) is 5.82 Å². The van der Waals surface area contributed by atoms with Crippen LogP contribution in [0.1, 0.15) is 31.7 Å². The van der Waals surface area contributed by atoms with Crippen molar-refractivity contribution in [2.24, 2.45) is 5.41 Å². The Morgan fingerprint density at radius 2 is 2.00 bits per heavy atom. The number of aromatic nitrogens is 2. The summed E-state index contributed by atoms with van der Waals surface area (Å²) in [5, 5.41) is 15.1. The number of nitrogens with one attached hydrogen (secondary N) is 1. The molecule has 3 aromatic carbocycles. The normalized spacial score (nSPS) is 21.6. The monoisotopic (exact) mass is 601 g/mol. The molecule has 4 aromatic rings. The molecule has 0 unspecified atom stereocenters. The molecule has 10 heteroatoms. The van der Waals surface area contributed by atoms with Gasteiger partial charge >= 0.3 is 6.01 Å². The van der Waals surface area contributed by atoms with Gasteiger partial charge in [-0.05, 0) is 55.8 Å². The summed E-state index contributed by atoms with van der Waals surface area (Å²) in [5.74, 6) is 1.15. The summed E-state index contributed by atoms with van der Waals surface area (Å²) in [6, 6.07) is 9.41. The number of benzene rings is 3. The van der Waals surface area contributed by atoms with Crippen LogP contribution >= 0.6 is 0 Å². The number of hydrogen-bond acceptors (Lipinski definition) is 7. The Labute approximate surface area is 254 Å². The average Bonchev–Trinajstić information content (AvgIpc) is 3.65. The van der Waals surface area contributed by atoms with Gasteiger partial charge in [0, 0.05) is 72.6 Å². The van der Waals surface area contributed by atoms with Gasteiger partial charge in [0.2, 0.25) is 0 Å². The molecule has 2 aliphatic heterocycles. The fourth-order valence-electron chi connectivity index (χ4n) is 6.71. The van der Waals surface area contributed by atoms with Crippen LogP contribution in [0, 0.1) is 29.4 Å². The molecule has 2 saturated heterocycles. The Morgan fingerprint density at radius 3 is 2.73 bits per heavy atom. The number of rotatable bonds is 7.